The zero-order valence-corrected chi connectivity index (χ0v) is 14.6. The first kappa shape index (κ1) is 16.3. The van der Waals surface area contributed by atoms with E-state index in [1.54, 1.807) is 18.2 Å². The summed E-state index contributed by atoms with van der Waals surface area (Å²) in [5.74, 6) is -0.485. The van der Waals surface area contributed by atoms with E-state index in [1.165, 1.54) is 4.90 Å². The lowest BCUT2D eigenvalue weighted by Crippen LogP contribution is -2.35. The van der Waals surface area contributed by atoms with E-state index in [-0.39, 0.29) is 54.4 Å². The number of hydrogen-bond donors (Lipinski definition) is 1. The highest BCUT2D eigenvalue weighted by molar-refractivity contribution is 6.31. The number of halogens is 1. The Bertz CT molecular complexity index is 774. The maximum Gasteiger partial charge on any atom is 0.233 e. The predicted molar refractivity (Wildman–Crippen MR) is 93.9 cm³/mol. The molecule has 0 radical (unpaired) electrons. The number of anilines is 1. The average molecular weight is 359 g/mol. The zero-order chi connectivity index (χ0) is 17.7. The molecule has 0 unspecified atom stereocenters. The van der Waals surface area contributed by atoms with Gasteiger partial charge >= 0.3 is 0 Å². The van der Waals surface area contributed by atoms with Crippen molar-refractivity contribution < 1.29 is 14.4 Å². The molecule has 25 heavy (non-hydrogen) atoms. The second-order valence-corrected chi connectivity index (χ2v) is 7.45. The molecule has 4 atom stereocenters. The van der Waals surface area contributed by atoms with Crippen molar-refractivity contribution in [3.63, 3.8) is 0 Å². The van der Waals surface area contributed by atoms with Crippen LogP contribution < -0.4 is 5.32 Å². The molecule has 130 valence electrons. The number of benzene rings is 1. The highest BCUT2D eigenvalue weighted by Gasteiger charge is 2.58. The van der Waals surface area contributed by atoms with E-state index in [1.807, 2.05) is 6.92 Å². The highest BCUT2D eigenvalue weighted by Crippen LogP contribution is 2.52. The summed E-state index contributed by atoms with van der Waals surface area (Å²) in [6, 6.07) is 5.30. The third kappa shape index (κ3) is 2.58. The first-order chi connectivity index (χ1) is 12.0. The number of imide groups is 1. The van der Waals surface area contributed by atoms with Gasteiger partial charge in [-0.2, -0.15) is 0 Å². The van der Waals surface area contributed by atoms with Crippen LogP contribution >= 0.6 is 11.6 Å². The summed E-state index contributed by atoms with van der Waals surface area (Å²) < 4.78 is 0. The number of nitrogens with one attached hydrogen (secondary N) is 1. The van der Waals surface area contributed by atoms with E-state index in [4.69, 9.17) is 11.6 Å². The van der Waals surface area contributed by atoms with E-state index in [0.717, 1.165) is 12.0 Å². The molecule has 3 aliphatic rings. The summed E-state index contributed by atoms with van der Waals surface area (Å²) >= 11 is 6.05. The lowest BCUT2D eigenvalue weighted by molar-refractivity contribution is -0.140. The van der Waals surface area contributed by atoms with E-state index in [9.17, 15) is 14.4 Å². The van der Waals surface area contributed by atoms with Crippen LogP contribution in [0.3, 0.4) is 0 Å². The molecule has 6 heteroatoms. The van der Waals surface area contributed by atoms with Crippen molar-refractivity contribution in [3.05, 3.63) is 40.9 Å². The monoisotopic (exact) mass is 358 g/mol. The highest BCUT2D eigenvalue weighted by atomic mass is 35.5. The number of fused-ring (bicyclic) bond motifs is 5. The number of allylic oxidation sites excluding steroid dienone is 2. The molecular weight excluding hydrogens is 340 g/mol. The second kappa shape index (κ2) is 5.99. The van der Waals surface area contributed by atoms with E-state index in [2.05, 4.69) is 17.5 Å². The Labute approximate surface area is 151 Å². The number of likely N-dealkylation sites (tertiary alicyclic amines) is 1. The molecule has 2 aliphatic carbocycles. The van der Waals surface area contributed by atoms with Crippen molar-refractivity contribution in [2.45, 2.75) is 19.8 Å². The van der Waals surface area contributed by atoms with Gasteiger partial charge in [-0.05, 0) is 42.9 Å². The van der Waals surface area contributed by atoms with Gasteiger partial charge in [0.1, 0.15) is 0 Å². The lowest BCUT2D eigenvalue weighted by atomic mass is 9.85. The molecule has 1 heterocycles. The number of amides is 3. The van der Waals surface area contributed by atoms with Crippen molar-refractivity contribution in [1.29, 1.82) is 0 Å². The van der Waals surface area contributed by atoms with Gasteiger partial charge in [0.25, 0.3) is 0 Å². The minimum Gasteiger partial charge on any atom is -0.326 e. The molecule has 1 aromatic carbocycles. The van der Waals surface area contributed by atoms with Gasteiger partial charge in [0.2, 0.25) is 17.7 Å². The van der Waals surface area contributed by atoms with Gasteiger partial charge in [0.15, 0.2) is 0 Å². The Hall–Kier alpha value is -2.14. The van der Waals surface area contributed by atoms with Gasteiger partial charge in [-0.1, -0.05) is 29.8 Å². The Balaban J connectivity index is 1.39. The van der Waals surface area contributed by atoms with Gasteiger partial charge in [-0.3, -0.25) is 19.3 Å². The van der Waals surface area contributed by atoms with Crippen molar-refractivity contribution >= 4 is 35.0 Å². The molecule has 3 amide bonds. The Kier molecular flexibility index (Phi) is 3.91. The largest absolute Gasteiger partial charge is 0.326 e. The molecule has 1 saturated heterocycles. The minimum atomic E-state index is -0.232. The number of rotatable bonds is 4. The summed E-state index contributed by atoms with van der Waals surface area (Å²) in [6.07, 6.45) is 5.13. The van der Waals surface area contributed by atoms with Crippen LogP contribution in [0.5, 0.6) is 0 Å². The van der Waals surface area contributed by atoms with E-state index in [0.29, 0.717) is 10.7 Å². The Morgan fingerprint density at radius 3 is 2.48 bits per heavy atom. The van der Waals surface area contributed by atoms with Crippen LogP contribution in [0.2, 0.25) is 5.02 Å². The predicted octanol–water partition coefficient (Wildman–Crippen LogP) is 2.78. The molecule has 1 aromatic rings. The SMILES string of the molecule is Cc1c(Cl)cccc1NC(=O)CCN1C(=O)[C@@H]2[C@H](C1=O)[C@@H]1C=C[C@@H]2C1. The molecule has 1 aliphatic heterocycles. The summed E-state index contributed by atoms with van der Waals surface area (Å²) in [5.41, 5.74) is 1.44. The van der Waals surface area contributed by atoms with Gasteiger partial charge in [-0.15, -0.1) is 0 Å². The van der Waals surface area contributed by atoms with Crippen LogP contribution in [0, 0.1) is 30.6 Å². The molecule has 5 nitrogen and oxygen atoms in total. The fourth-order valence-corrected chi connectivity index (χ4v) is 4.53. The summed E-state index contributed by atoms with van der Waals surface area (Å²) in [4.78, 5) is 38.7. The van der Waals surface area contributed by atoms with Crippen LogP contribution in [0.1, 0.15) is 18.4 Å². The first-order valence-electron chi connectivity index (χ1n) is 8.56. The van der Waals surface area contributed by atoms with Crippen LogP contribution in [0.4, 0.5) is 5.69 Å². The molecule has 1 N–H and O–H groups in total. The molecule has 4 rings (SSSR count). The summed E-state index contributed by atoms with van der Waals surface area (Å²) in [6.45, 7) is 1.96. The minimum absolute atomic E-state index is 0.0889. The van der Waals surface area contributed by atoms with E-state index >= 15 is 0 Å². The normalized spacial score (nSPS) is 29.4. The van der Waals surface area contributed by atoms with Gasteiger partial charge in [0, 0.05) is 23.7 Å². The summed E-state index contributed by atoms with van der Waals surface area (Å²) in [5, 5.41) is 3.38. The third-order valence-corrected chi connectivity index (χ3v) is 6.08. The molecular formula is C19H19ClN2O3. The van der Waals surface area contributed by atoms with Gasteiger partial charge < -0.3 is 5.32 Å². The smallest absolute Gasteiger partial charge is 0.233 e. The number of carbonyl (C=O) groups excluding carboxylic acids is 3. The molecule has 1 saturated carbocycles. The maximum atomic E-state index is 12.6. The average Bonchev–Trinajstić information content (AvgIpc) is 3.25. The standard InChI is InChI=1S/C19H19ClN2O3/c1-10-13(20)3-2-4-14(10)21-15(23)7-8-22-18(24)16-11-5-6-12(9-11)17(16)19(22)25/h2-6,11-12,16-17H,7-9H2,1H3,(H,21,23)/t11-,12-,16-,17+/m1/s1. The van der Waals surface area contributed by atoms with E-state index < -0.39 is 0 Å². The fourth-order valence-electron chi connectivity index (χ4n) is 4.35. The first-order valence-corrected chi connectivity index (χ1v) is 8.93. The van der Waals surface area contributed by atoms with Crippen LogP contribution in [-0.2, 0) is 14.4 Å². The third-order valence-electron chi connectivity index (χ3n) is 5.67. The van der Waals surface area contributed by atoms with Crippen LogP contribution in [0.25, 0.3) is 0 Å². The fraction of sp³-hybridized carbons (Fsp3) is 0.421. The topological polar surface area (TPSA) is 66.5 Å². The molecule has 0 spiro atoms. The Morgan fingerprint density at radius 1 is 1.20 bits per heavy atom. The summed E-state index contributed by atoms with van der Waals surface area (Å²) in [7, 11) is 0. The zero-order valence-electron chi connectivity index (χ0n) is 13.9. The van der Waals surface area contributed by atoms with Gasteiger partial charge in [0.05, 0.1) is 11.8 Å². The van der Waals surface area contributed by atoms with Crippen molar-refractivity contribution in [1.82, 2.24) is 4.90 Å². The maximum absolute atomic E-state index is 12.6. The molecule has 0 aromatic heterocycles. The van der Waals surface area contributed by atoms with Crippen molar-refractivity contribution in [2.24, 2.45) is 23.7 Å². The van der Waals surface area contributed by atoms with Crippen molar-refractivity contribution in [3.8, 4) is 0 Å². The van der Waals surface area contributed by atoms with Crippen LogP contribution in [-0.4, -0.2) is 29.2 Å². The molecule has 2 bridgehead atoms. The van der Waals surface area contributed by atoms with Crippen LogP contribution in [0.15, 0.2) is 30.4 Å². The second-order valence-electron chi connectivity index (χ2n) is 7.04. The number of nitrogens with zero attached hydrogens (tertiary/aromatic N) is 1. The van der Waals surface area contributed by atoms with Gasteiger partial charge in [-0.25, -0.2) is 0 Å². The number of carbonyl (C=O) groups is 3. The number of hydrogen-bond acceptors (Lipinski definition) is 3. The quantitative estimate of drug-likeness (QED) is 0.664. The van der Waals surface area contributed by atoms with Crippen molar-refractivity contribution in [2.75, 3.05) is 11.9 Å². The lowest BCUT2D eigenvalue weighted by Gasteiger charge is -2.17. The molecule has 2 fully saturated rings. The Morgan fingerprint density at radius 2 is 1.84 bits per heavy atom.